The maximum absolute atomic E-state index is 12.6. The average molecular weight is 187 g/mol. The molecule has 0 fully saturated rings. The lowest BCUT2D eigenvalue weighted by atomic mass is 10.1. The average Bonchev–Trinajstić information content (AvgIpc) is 1.96. The number of halogens is 1. The van der Waals surface area contributed by atoms with Crippen molar-refractivity contribution in [2.45, 2.75) is 39.7 Å². The Morgan fingerprint density at radius 1 is 1.46 bits per heavy atom. The van der Waals surface area contributed by atoms with Gasteiger partial charge in [-0.2, -0.15) is 0 Å². The van der Waals surface area contributed by atoms with Gasteiger partial charge in [-0.1, -0.05) is 13.5 Å². The molecule has 0 spiro atoms. The first-order valence-corrected chi connectivity index (χ1v) is 4.47. The Bertz CT molecular complexity index is 205. The number of amides is 1. The largest absolute Gasteiger partial charge is 0.332 e. The van der Waals surface area contributed by atoms with Crippen LogP contribution < -0.4 is 0 Å². The summed E-state index contributed by atoms with van der Waals surface area (Å²) >= 11 is 0. The van der Waals surface area contributed by atoms with Gasteiger partial charge in [-0.05, 0) is 27.2 Å². The second-order valence-electron chi connectivity index (χ2n) is 4.03. The predicted octanol–water partition coefficient (Wildman–Crippen LogP) is 2.51. The van der Waals surface area contributed by atoms with Crippen LogP contribution in [0.15, 0.2) is 12.4 Å². The third kappa shape index (κ3) is 3.57. The maximum Gasteiger partial charge on any atom is 0.282 e. The molecular weight excluding hydrogens is 169 g/mol. The van der Waals surface area contributed by atoms with E-state index in [9.17, 15) is 9.18 Å². The van der Waals surface area contributed by atoms with Crippen molar-refractivity contribution >= 4 is 5.91 Å². The van der Waals surface area contributed by atoms with Gasteiger partial charge in [0.05, 0.1) is 0 Å². The molecule has 0 saturated heterocycles. The highest BCUT2D eigenvalue weighted by molar-refractivity contribution is 5.91. The first-order chi connectivity index (χ1) is 5.80. The molecule has 0 unspecified atom stereocenters. The topological polar surface area (TPSA) is 20.3 Å². The Hall–Kier alpha value is -0.860. The molecule has 2 nitrogen and oxygen atoms in total. The van der Waals surface area contributed by atoms with Crippen LogP contribution in [0.25, 0.3) is 0 Å². The van der Waals surface area contributed by atoms with Crippen LogP contribution in [0, 0.1) is 0 Å². The van der Waals surface area contributed by atoms with E-state index < -0.39 is 11.7 Å². The van der Waals surface area contributed by atoms with Crippen LogP contribution in [0.1, 0.15) is 34.1 Å². The zero-order valence-corrected chi connectivity index (χ0v) is 8.85. The fourth-order valence-electron chi connectivity index (χ4n) is 1.11. The van der Waals surface area contributed by atoms with Gasteiger partial charge in [0.15, 0.2) is 5.83 Å². The minimum Gasteiger partial charge on any atom is -0.332 e. The zero-order chi connectivity index (χ0) is 10.6. The van der Waals surface area contributed by atoms with Crippen LogP contribution in [0.2, 0.25) is 0 Å². The molecular formula is C10H18FNO. The second kappa shape index (κ2) is 4.40. The molecule has 0 aromatic carbocycles. The van der Waals surface area contributed by atoms with Crippen molar-refractivity contribution in [2.24, 2.45) is 0 Å². The number of nitrogens with zero attached hydrogens (tertiary/aromatic N) is 1. The summed E-state index contributed by atoms with van der Waals surface area (Å²) in [6.45, 7) is 11.2. The third-order valence-corrected chi connectivity index (χ3v) is 1.73. The van der Waals surface area contributed by atoms with Gasteiger partial charge in [0.1, 0.15) is 0 Å². The molecule has 0 radical (unpaired) electrons. The van der Waals surface area contributed by atoms with Crippen LogP contribution in [0.4, 0.5) is 4.39 Å². The molecule has 0 aliphatic rings. The quantitative estimate of drug-likeness (QED) is 0.622. The van der Waals surface area contributed by atoms with Crippen molar-refractivity contribution in [1.82, 2.24) is 4.90 Å². The van der Waals surface area contributed by atoms with Crippen LogP contribution in [-0.4, -0.2) is 22.9 Å². The number of rotatable bonds is 3. The summed E-state index contributed by atoms with van der Waals surface area (Å²) in [7, 11) is 0. The summed E-state index contributed by atoms with van der Waals surface area (Å²) in [6.07, 6.45) is 0.816. The van der Waals surface area contributed by atoms with Crippen molar-refractivity contribution in [3.8, 4) is 0 Å². The summed E-state index contributed by atoms with van der Waals surface area (Å²) in [5.41, 5.74) is -0.345. The molecule has 0 saturated carbocycles. The molecule has 0 N–H and O–H groups in total. The number of hydrogen-bond acceptors (Lipinski definition) is 1. The summed E-state index contributed by atoms with van der Waals surface area (Å²) in [5, 5.41) is 0. The van der Waals surface area contributed by atoms with Crippen LogP contribution in [-0.2, 0) is 4.79 Å². The maximum atomic E-state index is 12.6. The van der Waals surface area contributed by atoms with Gasteiger partial charge in [-0.15, -0.1) is 0 Å². The van der Waals surface area contributed by atoms with E-state index >= 15 is 0 Å². The second-order valence-corrected chi connectivity index (χ2v) is 4.03. The number of carbonyl (C=O) groups is 1. The smallest absolute Gasteiger partial charge is 0.282 e. The Labute approximate surface area is 79.4 Å². The van der Waals surface area contributed by atoms with E-state index in [1.807, 2.05) is 27.7 Å². The molecule has 0 rings (SSSR count). The summed E-state index contributed by atoms with van der Waals surface area (Å²) in [6, 6.07) is 0. The first kappa shape index (κ1) is 12.1. The molecule has 0 aliphatic heterocycles. The van der Waals surface area contributed by atoms with E-state index in [1.165, 1.54) is 4.90 Å². The minimum atomic E-state index is -0.886. The van der Waals surface area contributed by atoms with Gasteiger partial charge in [0, 0.05) is 12.1 Å². The zero-order valence-electron chi connectivity index (χ0n) is 8.85. The molecule has 0 atom stereocenters. The fourth-order valence-corrected chi connectivity index (χ4v) is 1.11. The predicted molar refractivity (Wildman–Crippen MR) is 52.0 cm³/mol. The van der Waals surface area contributed by atoms with Gasteiger partial charge in [-0.25, -0.2) is 4.39 Å². The van der Waals surface area contributed by atoms with E-state index in [-0.39, 0.29) is 5.54 Å². The minimum absolute atomic E-state index is 0.345. The number of hydrogen-bond donors (Lipinski definition) is 0. The Balaban J connectivity index is 4.61. The van der Waals surface area contributed by atoms with Crippen molar-refractivity contribution in [1.29, 1.82) is 0 Å². The fraction of sp³-hybridized carbons (Fsp3) is 0.700. The normalized spacial score (nSPS) is 11.2. The van der Waals surface area contributed by atoms with Gasteiger partial charge >= 0.3 is 0 Å². The molecule has 13 heavy (non-hydrogen) atoms. The van der Waals surface area contributed by atoms with E-state index in [4.69, 9.17) is 0 Å². The number of carbonyl (C=O) groups excluding carboxylic acids is 1. The lowest BCUT2D eigenvalue weighted by Crippen LogP contribution is -2.46. The first-order valence-electron chi connectivity index (χ1n) is 4.47. The molecule has 76 valence electrons. The van der Waals surface area contributed by atoms with Gasteiger partial charge in [-0.3, -0.25) is 4.79 Å². The highest BCUT2D eigenvalue weighted by Crippen LogP contribution is 2.16. The monoisotopic (exact) mass is 187 g/mol. The Morgan fingerprint density at radius 2 is 1.92 bits per heavy atom. The van der Waals surface area contributed by atoms with Crippen LogP contribution in [0.5, 0.6) is 0 Å². The Morgan fingerprint density at radius 3 is 2.15 bits per heavy atom. The molecule has 0 bridgehead atoms. The molecule has 0 aromatic heterocycles. The van der Waals surface area contributed by atoms with Gasteiger partial charge in [0.25, 0.3) is 5.91 Å². The highest BCUT2D eigenvalue weighted by atomic mass is 19.1. The van der Waals surface area contributed by atoms with Crippen molar-refractivity contribution in [3.63, 3.8) is 0 Å². The van der Waals surface area contributed by atoms with Gasteiger partial charge in [0.2, 0.25) is 0 Å². The lowest BCUT2D eigenvalue weighted by molar-refractivity contribution is -0.133. The molecule has 0 aliphatic carbocycles. The molecule has 0 aromatic rings. The van der Waals surface area contributed by atoms with E-state index in [0.29, 0.717) is 6.54 Å². The highest BCUT2D eigenvalue weighted by Gasteiger charge is 2.27. The lowest BCUT2D eigenvalue weighted by Gasteiger charge is -2.34. The molecule has 3 heteroatoms. The van der Waals surface area contributed by atoms with Crippen molar-refractivity contribution in [3.05, 3.63) is 12.4 Å². The summed E-state index contributed by atoms with van der Waals surface area (Å²) in [4.78, 5) is 12.8. The van der Waals surface area contributed by atoms with E-state index in [2.05, 4.69) is 6.58 Å². The van der Waals surface area contributed by atoms with Crippen LogP contribution in [0.3, 0.4) is 0 Å². The van der Waals surface area contributed by atoms with Gasteiger partial charge < -0.3 is 4.90 Å². The standard InChI is InChI=1S/C10H18FNO/c1-6-7-12(10(3,4)5)9(13)8(2)11/h2,6-7H2,1,3-5H3. The summed E-state index contributed by atoms with van der Waals surface area (Å²) < 4.78 is 12.6. The van der Waals surface area contributed by atoms with E-state index in [1.54, 1.807) is 0 Å². The SMILES string of the molecule is C=C(F)C(=O)N(CCC)C(C)(C)C. The Kier molecular flexibility index (Phi) is 4.11. The molecule has 1 amide bonds. The van der Waals surface area contributed by atoms with Crippen LogP contribution >= 0.6 is 0 Å². The molecule has 0 heterocycles. The van der Waals surface area contributed by atoms with E-state index in [0.717, 1.165) is 6.42 Å². The summed E-state index contributed by atoms with van der Waals surface area (Å²) in [5.74, 6) is -1.49. The van der Waals surface area contributed by atoms with Crippen molar-refractivity contribution in [2.75, 3.05) is 6.54 Å². The third-order valence-electron chi connectivity index (χ3n) is 1.73. The van der Waals surface area contributed by atoms with Crippen molar-refractivity contribution < 1.29 is 9.18 Å².